The van der Waals surface area contributed by atoms with Crippen LogP contribution in [0.3, 0.4) is 0 Å². The summed E-state index contributed by atoms with van der Waals surface area (Å²) in [5, 5.41) is 7.64. The van der Waals surface area contributed by atoms with Crippen molar-refractivity contribution in [2.75, 3.05) is 6.54 Å². The van der Waals surface area contributed by atoms with Crippen LogP contribution >= 0.6 is 35.3 Å². The SMILES string of the molecule is CCNC(=NCc1ccc(OC2CCCC2)nc1)NCc1ncc(C)s1.I. The minimum absolute atomic E-state index is 0. The van der Waals surface area contributed by atoms with Crippen LogP contribution in [-0.4, -0.2) is 28.6 Å². The standard InChI is InChI=1S/C19H27N5OS.HI/c1-3-20-19(24-13-18-22-10-14(2)26-18)23-12-15-8-9-17(21-11-15)25-16-6-4-5-7-16;/h8-11,16H,3-7,12-13H2,1-2H3,(H2,20,23,24);1H. The zero-order chi connectivity index (χ0) is 18.2. The number of ether oxygens (including phenoxy) is 1. The second-order valence-electron chi connectivity index (χ2n) is 6.44. The number of guanidine groups is 1. The number of hydrogen-bond acceptors (Lipinski definition) is 5. The lowest BCUT2D eigenvalue weighted by atomic mass is 10.3. The van der Waals surface area contributed by atoms with Gasteiger partial charge in [0, 0.05) is 29.9 Å². The molecule has 0 spiro atoms. The Hall–Kier alpha value is -1.42. The fourth-order valence-electron chi connectivity index (χ4n) is 2.91. The Morgan fingerprint density at radius 1 is 1.22 bits per heavy atom. The van der Waals surface area contributed by atoms with Gasteiger partial charge in [-0.2, -0.15) is 0 Å². The Bertz CT molecular complexity index is 713. The first-order valence-corrected chi connectivity index (χ1v) is 10.1. The minimum Gasteiger partial charge on any atom is -0.474 e. The molecule has 0 saturated heterocycles. The molecule has 2 N–H and O–H groups in total. The van der Waals surface area contributed by atoms with Gasteiger partial charge < -0.3 is 15.4 Å². The molecule has 1 aliphatic rings. The summed E-state index contributed by atoms with van der Waals surface area (Å²) in [6.45, 7) is 6.18. The van der Waals surface area contributed by atoms with Crippen LogP contribution in [0, 0.1) is 6.92 Å². The summed E-state index contributed by atoms with van der Waals surface area (Å²) in [6, 6.07) is 3.98. The van der Waals surface area contributed by atoms with E-state index >= 15 is 0 Å². The van der Waals surface area contributed by atoms with Gasteiger partial charge in [0.1, 0.15) is 11.1 Å². The van der Waals surface area contributed by atoms with Crippen molar-refractivity contribution in [3.8, 4) is 5.88 Å². The van der Waals surface area contributed by atoms with E-state index in [2.05, 4.69) is 39.4 Å². The van der Waals surface area contributed by atoms with E-state index in [1.54, 1.807) is 11.3 Å². The molecule has 148 valence electrons. The van der Waals surface area contributed by atoms with Crippen LogP contribution in [0.25, 0.3) is 0 Å². The molecule has 0 radical (unpaired) electrons. The second kappa shape index (κ2) is 11.4. The zero-order valence-electron chi connectivity index (χ0n) is 15.9. The number of aryl methyl sites for hydroxylation is 1. The van der Waals surface area contributed by atoms with E-state index in [1.807, 2.05) is 24.5 Å². The lowest BCUT2D eigenvalue weighted by Gasteiger charge is -2.12. The Morgan fingerprint density at radius 2 is 2.04 bits per heavy atom. The van der Waals surface area contributed by atoms with Crippen molar-refractivity contribution in [1.29, 1.82) is 0 Å². The Kier molecular flexibility index (Phi) is 9.26. The highest BCUT2D eigenvalue weighted by Crippen LogP contribution is 2.22. The Balaban J connectivity index is 0.00000261. The van der Waals surface area contributed by atoms with Crippen molar-refractivity contribution in [1.82, 2.24) is 20.6 Å². The summed E-state index contributed by atoms with van der Waals surface area (Å²) in [5.41, 5.74) is 1.06. The number of thiazole rings is 1. The van der Waals surface area contributed by atoms with Crippen LogP contribution in [0.15, 0.2) is 29.5 Å². The maximum Gasteiger partial charge on any atom is 0.213 e. The minimum atomic E-state index is 0. The van der Waals surface area contributed by atoms with E-state index in [-0.39, 0.29) is 24.0 Å². The van der Waals surface area contributed by atoms with Gasteiger partial charge >= 0.3 is 0 Å². The van der Waals surface area contributed by atoms with E-state index in [0.717, 1.165) is 35.9 Å². The largest absolute Gasteiger partial charge is 0.474 e. The number of rotatable bonds is 7. The summed E-state index contributed by atoms with van der Waals surface area (Å²) in [4.78, 5) is 14.6. The molecule has 1 aliphatic carbocycles. The highest BCUT2D eigenvalue weighted by atomic mass is 127. The average molecular weight is 501 g/mol. The molecule has 0 aliphatic heterocycles. The summed E-state index contributed by atoms with van der Waals surface area (Å²) >= 11 is 1.70. The predicted octanol–water partition coefficient (Wildman–Crippen LogP) is 4.04. The lowest BCUT2D eigenvalue weighted by molar-refractivity contribution is 0.201. The van der Waals surface area contributed by atoms with Gasteiger partial charge in [0.25, 0.3) is 0 Å². The zero-order valence-corrected chi connectivity index (χ0v) is 19.0. The number of pyridine rings is 1. The van der Waals surface area contributed by atoms with Gasteiger partial charge in [0.2, 0.25) is 5.88 Å². The molecule has 1 saturated carbocycles. The van der Waals surface area contributed by atoms with E-state index < -0.39 is 0 Å². The maximum atomic E-state index is 5.91. The number of aliphatic imine (C=N–C) groups is 1. The smallest absolute Gasteiger partial charge is 0.213 e. The first-order valence-electron chi connectivity index (χ1n) is 9.28. The monoisotopic (exact) mass is 501 g/mol. The number of aromatic nitrogens is 2. The molecule has 0 unspecified atom stereocenters. The molecule has 2 aromatic rings. The Morgan fingerprint density at radius 3 is 2.67 bits per heavy atom. The van der Waals surface area contributed by atoms with Crippen LogP contribution in [-0.2, 0) is 13.1 Å². The van der Waals surface area contributed by atoms with Crippen molar-refractivity contribution >= 4 is 41.3 Å². The molecule has 2 heterocycles. The first-order chi connectivity index (χ1) is 12.7. The van der Waals surface area contributed by atoms with Gasteiger partial charge in [0.15, 0.2) is 5.96 Å². The molecular weight excluding hydrogens is 473 g/mol. The van der Waals surface area contributed by atoms with Gasteiger partial charge in [-0.3, -0.25) is 0 Å². The third-order valence-corrected chi connectivity index (χ3v) is 5.14. The Labute approximate surface area is 182 Å². The van der Waals surface area contributed by atoms with Crippen LogP contribution in [0.1, 0.15) is 48.1 Å². The van der Waals surface area contributed by atoms with Crippen molar-refractivity contribution < 1.29 is 4.74 Å². The highest BCUT2D eigenvalue weighted by Gasteiger charge is 2.16. The molecular formula is C19H28IN5OS. The summed E-state index contributed by atoms with van der Waals surface area (Å²) in [7, 11) is 0. The molecule has 3 rings (SSSR count). The first kappa shape index (κ1) is 21.9. The van der Waals surface area contributed by atoms with Gasteiger partial charge in [-0.15, -0.1) is 35.3 Å². The predicted molar refractivity (Wildman–Crippen MR) is 121 cm³/mol. The fraction of sp³-hybridized carbons (Fsp3) is 0.526. The van der Waals surface area contributed by atoms with E-state index in [4.69, 9.17) is 4.74 Å². The molecule has 8 heteroatoms. The van der Waals surface area contributed by atoms with Crippen molar-refractivity contribution in [3.63, 3.8) is 0 Å². The van der Waals surface area contributed by atoms with Gasteiger partial charge in [0.05, 0.1) is 13.1 Å². The maximum absolute atomic E-state index is 5.91. The third-order valence-electron chi connectivity index (χ3n) is 4.23. The molecule has 0 aromatic carbocycles. The van der Waals surface area contributed by atoms with Crippen molar-refractivity contribution in [2.45, 2.75) is 58.7 Å². The summed E-state index contributed by atoms with van der Waals surface area (Å²) < 4.78 is 5.91. The van der Waals surface area contributed by atoms with E-state index in [9.17, 15) is 0 Å². The highest BCUT2D eigenvalue weighted by molar-refractivity contribution is 14.0. The average Bonchev–Trinajstić information content (AvgIpc) is 3.30. The third kappa shape index (κ3) is 7.25. The molecule has 6 nitrogen and oxygen atoms in total. The number of nitrogens with one attached hydrogen (secondary N) is 2. The second-order valence-corrected chi connectivity index (χ2v) is 7.76. The molecule has 27 heavy (non-hydrogen) atoms. The van der Waals surface area contributed by atoms with Gasteiger partial charge in [-0.05, 0) is 45.1 Å². The lowest BCUT2D eigenvalue weighted by Crippen LogP contribution is -2.36. The fourth-order valence-corrected chi connectivity index (χ4v) is 3.63. The van der Waals surface area contributed by atoms with Crippen molar-refractivity contribution in [3.05, 3.63) is 40.0 Å². The number of hydrogen-bond donors (Lipinski definition) is 2. The quantitative estimate of drug-likeness (QED) is 0.341. The topological polar surface area (TPSA) is 71.4 Å². The van der Waals surface area contributed by atoms with Crippen LogP contribution in [0.5, 0.6) is 5.88 Å². The number of halogens is 1. The summed E-state index contributed by atoms with van der Waals surface area (Å²) in [5.74, 6) is 1.50. The van der Waals surface area contributed by atoms with Crippen LogP contribution in [0.4, 0.5) is 0 Å². The van der Waals surface area contributed by atoms with Crippen LogP contribution < -0.4 is 15.4 Å². The van der Waals surface area contributed by atoms with E-state index in [1.165, 1.54) is 17.7 Å². The molecule has 2 aromatic heterocycles. The number of nitrogens with zero attached hydrogens (tertiary/aromatic N) is 3. The van der Waals surface area contributed by atoms with E-state index in [0.29, 0.717) is 25.1 Å². The van der Waals surface area contributed by atoms with Crippen LogP contribution in [0.2, 0.25) is 0 Å². The van der Waals surface area contributed by atoms with Gasteiger partial charge in [-0.25, -0.2) is 15.0 Å². The molecule has 0 bridgehead atoms. The van der Waals surface area contributed by atoms with Gasteiger partial charge in [-0.1, -0.05) is 6.07 Å². The molecule has 1 fully saturated rings. The normalized spacial score (nSPS) is 14.7. The van der Waals surface area contributed by atoms with Crippen molar-refractivity contribution in [2.24, 2.45) is 4.99 Å². The summed E-state index contributed by atoms with van der Waals surface area (Å²) in [6.07, 6.45) is 8.89. The molecule has 0 atom stereocenters. The molecule has 0 amide bonds.